The molecule has 0 aliphatic heterocycles. The summed E-state index contributed by atoms with van der Waals surface area (Å²) in [6, 6.07) is 9.49. The molecular weight excluding hydrogens is 290 g/mol. The lowest BCUT2D eigenvalue weighted by Gasteiger charge is -2.10. The molecule has 0 amide bonds. The molecule has 0 radical (unpaired) electrons. The Morgan fingerprint density at radius 1 is 1.22 bits per heavy atom. The van der Waals surface area contributed by atoms with Gasteiger partial charge in [0.05, 0.1) is 11.1 Å². The van der Waals surface area contributed by atoms with Gasteiger partial charge in [-0.25, -0.2) is 15.0 Å². The monoisotopic (exact) mass is 305 g/mol. The van der Waals surface area contributed by atoms with E-state index in [4.69, 9.17) is 5.73 Å². The van der Waals surface area contributed by atoms with Crippen molar-refractivity contribution in [1.82, 2.24) is 24.5 Å². The summed E-state index contributed by atoms with van der Waals surface area (Å²) in [5.41, 5.74) is 9.08. The highest BCUT2D eigenvalue weighted by Gasteiger charge is 2.13. The van der Waals surface area contributed by atoms with Gasteiger partial charge in [-0.3, -0.25) is 4.57 Å². The molecule has 0 aliphatic carbocycles. The standard InChI is InChI=1S/C16H15N7/c1-10-8-23(15-13-5-6-18-14(13)19-9-20-15)16(21-10)22-12-4-2-3-11(17)7-12/h2-9H,17H2,1H3,(H,21,22)(H,18,19,20). The normalized spacial score (nSPS) is 11.0. The number of benzene rings is 1. The molecular formula is C16H15N7. The topological polar surface area (TPSA) is 97.4 Å². The molecule has 7 nitrogen and oxygen atoms in total. The van der Waals surface area contributed by atoms with Crippen molar-refractivity contribution in [2.45, 2.75) is 6.92 Å². The first-order valence-electron chi connectivity index (χ1n) is 7.18. The third-order valence-corrected chi connectivity index (χ3v) is 3.53. The number of nitrogen functional groups attached to an aromatic ring is 1. The van der Waals surface area contributed by atoms with E-state index in [0.29, 0.717) is 11.6 Å². The molecule has 4 N–H and O–H groups in total. The Balaban J connectivity index is 1.82. The summed E-state index contributed by atoms with van der Waals surface area (Å²) in [4.78, 5) is 16.3. The maximum absolute atomic E-state index is 5.84. The van der Waals surface area contributed by atoms with Crippen LogP contribution in [0.15, 0.2) is 49.1 Å². The highest BCUT2D eigenvalue weighted by Crippen LogP contribution is 2.24. The number of aryl methyl sites for hydroxylation is 1. The average Bonchev–Trinajstić information content (AvgIpc) is 3.13. The van der Waals surface area contributed by atoms with Crippen LogP contribution < -0.4 is 11.1 Å². The zero-order valence-electron chi connectivity index (χ0n) is 12.5. The summed E-state index contributed by atoms with van der Waals surface area (Å²) >= 11 is 0. The molecule has 4 rings (SSSR count). The van der Waals surface area contributed by atoms with Crippen LogP contribution in [-0.2, 0) is 0 Å². The van der Waals surface area contributed by atoms with Crippen molar-refractivity contribution in [2.75, 3.05) is 11.1 Å². The molecule has 0 bridgehead atoms. The van der Waals surface area contributed by atoms with E-state index in [-0.39, 0.29) is 0 Å². The second kappa shape index (κ2) is 5.13. The van der Waals surface area contributed by atoms with Gasteiger partial charge in [-0.05, 0) is 31.2 Å². The molecule has 23 heavy (non-hydrogen) atoms. The van der Waals surface area contributed by atoms with Gasteiger partial charge in [0.25, 0.3) is 0 Å². The maximum atomic E-state index is 5.84. The molecule has 0 saturated heterocycles. The number of nitrogens with two attached hydrogens (primary N) is 1. The molecule has 0 saturated carbocycles. The van der Waals surface area contributed by atoms with E-state index in [0.717, 1.165) is 28.2 Å². The highest BCUT2D eigenvalue weighted by atomic mass is 15.2. The summed E-state index contributed by atoms with van der Waals surface area (Å²) in [5.74, 6) is 1.44. The molecule has 0 atom stereocenters. The summed E-state index contributed by atoms with van der Waals surface area (Å²) in [6.07, 6.45) is 5.31. The first-order valence-corrected chi connectivity index (χ1v) is 7.18. The van der Waals surface area contributed by atoms with Crippen molar-refractivity contribution in [1.29, 1.82) is 0 Å². The summed E-state index contributed by atoms with van der Waals surface area (Å²) in [7, 11) is 0. The van der Waals surface area contributed by atoms with Gasteiger partial charge in [0, 0.05) is 23.8 Å². The van der Waals surface area contributed by atoms with Crippen LogP contribution in [0.2, 0.25) is 0 Å². The van der Waals surface area contributed by atoms with E-state index in [9.17, 15) is 0 Å². The lowest BCUT2D eigenvalue weighted by molar-refractivity contribution is 0.999. The minimum absolute atomic E-state index is 0.675. The van der Waals surface area contributed by atoms with Gasteiger partial charge in [0.15, 0.2) is 5.82 Å². The fourth-order valence-corrected chi connectivity index (χ4v) is 2.54. The van der Waals surface area contributed by atoms with Gasteiger partial charge in [0.1, 0.15) is 12.0 Å². The van der Waals surface area contributed by atoms with Crippen molar-refractivity contribution in [3.63, 3.8) is 0 Å². The predicted molar refractivity (Wildman–Crippen MR) is 89.9 cm³/mol. The maximum Gasteiger partial charge on any atom is 0.213 e. The molecule has 0 fully saturated rings. The van der Waals surface area contributed by atoms with Crippen LogP contribution in [0.3, 0.4) is 0 Å². The number of nitrogens with one attached hydrogen (secondary N) is 2. The number of aromatic nitrogens is 5. The molecule has 1 aromatic carbocycles. The quantitative estimate of drug-likeness (QED) is 0.506. The van der Waals surface area contributed by atoms with Crippen LogP contribution in [-0.4, -0.2) is 24.5 Å². The van der Waals surface area contributed by atoms with Crippen molar-refractivity contribution in [3.05, 3.63) is 54.7 Å². The molecule has 0 spiro atoms. The van der Waals surface area contributed by atoms with Gasteiger partial charge in [-0.2, -0.15) is 0 Å². The number of fused-ring (bicyclic) bond motifs is 1. The molecule has 3 aromatic heterocycles. The highest BCUT2D eigenvalue weighted by molar-refractivity contribution is 5.83. The van der Waals surface area contributed by atoms with Crippen LogP contribution >= 0.6 is 0 Å². The van der Waals surface area contributed by atoms with Crippen LogP contribution in [0.1, 0.15) is 5.69 Å². The summed E-state index contributed by atoms with van der Waals surface area (Å²) in [5, 5.41) is 4.22. The third-order valence-electron chi connectivity index (χ3n) is 3.53. The van der Waals surface area contributed by atoms with Gasteiger partial charge >= 0.3 is 0 Å². The first-order chi connectivity index (χ1) is 11.2. The number of H-pyrrole nitrogens is 1. The number of rotatable bonds is 3. The van der Waals surface area contributed by atoms with Gasteiger partial charge < -0.3 is 16.0 Å². The Hall–Kier alpha value is -3.35. The van der Waals surface area contributed by atoms with Crippen LogP contribution in [0, 0.1) is 6.92 Å². The van der Waals surface area contributed by atoms with Crippen molar-refractivity contribution in [3.8, 4) is 5.82 Å². The molecule has 7 heteroatoms. The van der Waals surface area contributed by atoms with E-state index >= 15 is 0 Å². The number of nitrogens with zero attached hydrogens (tertiary/aromatic N) is 4. The fraction of sp³-hybridized carbons (Fsp3) is 0.0625. The second-order valence-electron chi connectivity index (χ2n) is 5.26. The van der Waals surface area contributed by atoms with Gasteiger partial charge in [-0.15, -0.1) is 0 Å². The van der Waals surface area contributed by atoms with Crippen molar-refractivity contribution >= 4 is 28.4 Å². The molecule has 0 unspecified atom stereocenters. The molecule has 0 aliphatic rings. The molecule has 3 heterocycles. The number of imidazole rings is 1. The predicted octanol–water partition coefficient (Wildman–Crippen LogP) is 2.78. The Kier molecular flexibility index (Phi) is 2.97. The van der Waals surface area contributed by atoms with Gasteiger partial charge in [0.2, 0.25) is 5.95 Å². The Labute approximate surface area is 132 Å². The summed E-state index contributed by atoms with van der Waals surface area (Å²) < 4.78 is 1.91. The smallest absolute Gasteiger partial charge is 0.213 e. The lowest BCUT2D eigenvalue weighted by Crippen LogP contribution is -2.04. The number of hydrogen-bond acceptors (Lipinski definition) is 5. The Morgan fingerprint density at radius 2 is 2.13 bits per heavy atom. The number of hydrogen-bond donors (Lipinski definition) is 3. The van der Waals surface area contributed by atoms with Gasteiger partial charge in [-0.1, -0.05) is 6.07 Å². The van der Waals surface area contributed by atoms with E-state index in [1.54, 1.807) is 0 Å². The zero-order chi connectivity index (χ0) is 15.8. The minimum Gasteiger partial charge on any atom is -0.399 e. The van der Waals surface area contributed by atoms with E-state index in [1.807, 2.05) is 54.2 Å². The summed E-state index contributed by atoms with van der Waals surface area (Å²) in [6.45, 7) is 1.94. The number of aromatic amines is 1. The SMILES string of the molecule is Cc1cn(-c2ncnc3[nH]ccc23)c(Nc2cccc(N)c2)n1. The fourth-order valence-electron chi connectivity index (χ4n) is 2.54. The molecule has 4 aromatic rings. The van der Waals surface area contributed by atoms with E-state index in [2.05, 4.69) is 25.3 Å². The van der Waals surface area contributed by atoms with Crippen LogP contribution in [0.25, 0.3) is 16.9 Å². The Morgan fingerprint density at radius 3 is 3.00 bits per heavy atom. The lowest BCUT2D eigenvalue weighted by atomic mass is 10.3. The van der Waals surface area contributed by atoms with Crippen molar-refractivity contribution < 1.29 is 0 Å². The average molecular weight is 305 g/mol. The van der Waals surface area contributed by atoms with Crippen LogP contribution in [0.5, 0.6) is 0 Å². The second-order valence-corrected chi connectivity index (χ2v) is 5.26. The first kappa shape index (κ1) is 13.3. The minimum atomic E-state index is 0.675. The molecule has 114 valence electrons. The van der Waals surface area contributed by atoms with Crippen molar-refractivity contribution in [2.24, 2.45) is 0 Å². The van der Waals surface area contributed by atoms with E-state index in [1.165, 1.54) is 6.33 Å². The van der Waals surface area contributed by atoms with Crippen LogP contribution in [0.4, 0.5) is 17.3 Å². The zero-order valence-corrected chi connectivity index (χ0v) is 12.5. The third kappa shape index (κ3) is 2.38. The number of anilines is 3. The Bertz CT molecular complexity index is 983. The van der Waals surface area contributed by atoms with E-state index < -0.39 is 0 Å². The largest absolute Gasteiger partial charge is 0.399 e.